The average Bonchev–Trinajstić information content (AvgIpc) is 2.38. The van der Waals surface area contributed by atoms with E-state index in [-0.39, 0.29) is 11.9 Å². The van der Waals surface area contributed by atoms with Crippen molar-refractivity contribution in [2.45, 2.75) is 45.7 Å². The summed E-state index contributed by atoms with van der Waals surface area (Å²) in [5, 5.41) is 2.98. The highest BCUT2D eigenvalue weighted by atomic mass is 16.2. The van der Waals surface area contributed by atoms with E-state index in [1.165, 1.54) is 0 Å². The first-order valence-corrected chi connectivity index (χ1v) is 6.65. The molecule has 1 rings (SSSR count). The Hall–Kier alpha value is -1.35. The predicted molar refractivity (Wildman–Crippen MR) is 75.0 cm³/mol. The van der Waals surface area contributed by atoms with Gasteiger partial charge in [-0.1, -0.05) is 50.6 Å². The molecule has 3 nitrogen and oxygen atoms in total. The van der Waals surface area contributed by atoms with Crippen molar-refractivity contribution < 1.29 is 4.79 Å². The van der Waals surface area contributed by atoms with E-state index in [0.29, 0.717) is 5.92 Å². The Morgan fingerprint density at radius 1 is 1.28 bits per heavy atom. The van der Waals surface area contributed by atoms with Crippen molar-refractivity contribution >= 4 is 5.91 Å². The number of nitrogens with two attached hydrogens (primary N) is 1. The molecule has 0 aliphatic carbocycles. The number of amides is 1. The summed E-state index contributed by atoms with van der Waals surface area (Å²) in [7, 11) is 0. The maximum atomic E-state index is 12.0. The largest absolute Gasteiger partial charge is 0.352 e. The Kier molecular flexibility index (Phi) is 5.86. The number of hydrogen-bond donors (Lipinski definition) is 2. The topological polar surface area (TPSA) is 55.1 Å². The molecule has 1 aromatic rings. The van der Waals surface area contributed by atoms with E-state index in [1.54, 1.807) is 0 Å². The molecule has 0 aliphatic heterocycles. The molecule has 3 N–H and O–H groups in total. The fourth-order valence-corrected chi connectivity index (χ4v) is 1.97. The molecule has 0 heterocycles. The van der Waals surface area contributed by atoms with Gasteiger partial charge in [0.25, 0.3) is 0 Å². The van der Waals surface area contributed by atoms with Crippen LogP contribution in [0.5, 0.6) is 0 Å². The van der Waals surface area contributed by atoms with Crippen LogP contribution < -0.4 is 11.1 Å². The second-order valence-corrected chi connectivity index (χ2v) is 5.05. The van der Waals surface area contributed by atoms with Crippen molar-refractivity contribution in [3.05, 3.63) is 35.9 Å². The summed E-state index contributed by atoms with van der Waals surface area (Å²) in [6.45, 7) is 6.39. The van der Waals surface area contributed by atoms with E-state index in [2.05, 4.69) is 19.2 Å². The minimum Gasteiger partial charge on any atom is -0.352 e. The smallest absolute Gasteiger partial charge is 0.241 e. The normalized spacial score (nSPS) is 15.8. The highest BCUT2D eigenvalue weighted by molar-refractivity contribution is 5.83. The SMILES string of the molecule is CCC(C)CC(C)NC(=O)[C@H](N)c1ccccc1. The second kappa shape index (κ2) is 7.17. The number of hydrogen-bond acceptors (Lipinski definition) is 2. The quantitative estimate of drug-likeness (QED) is 0.813. The lowest BCUT2D eigenvalue weighted by Crippen LogP contribution is -2.40. The van der Waals surface area contributed by atoms with Crippen LogP contribution in [-0.2, 0) is 4.79 Å². The molecule has 0 saturated carbocycles. The number of carbonyl (C=O) groups is 1. The second-order valence-electron chi connectivity index (χ2n) is 5.05. The van der Waals surface area contributed by atoms with Gasteiger partial charge in [0.05, 0.1) is 0 Å². The molecule has 0 radical (unpaired) electrons. The monoisotopic (exact) mass is 248 g/mol. The molecule has 0 saturated heterocycles. The Morgan fingerprint density at radius 2 is 1.89 bits per heavy atom. The zero-order chi connectivity index (χ0) is 13.5. The van der Waals surface area contributed by atoms with E-state index >= 15 is 0 Å². The van der Waals surface area contributed by atoms with Gasteiger partial charge in [0.15, 0.2) is 0 Å². The van der Waals surface area contributed by atoms with Gasteiger partial charge in [-0.2, -0.15) is 0 Å². The summed E-state index contributed by atoms with van der Waals surface area (Å²) in [5.74, 6) is 0.519. The Labute approximate surface area is 110 Å². The molecule has 1 amide bonds. The highest BCUT2D eigenvalue weighted by Gasteiger charge is 2.18. The highest BCUT2D eigenvalue weighted by Crippen LogP contribution is 2.12. The summed E-state index contributed by atoms with van der Waals surface area (Å²) < 4.78 is 0. The van der Waals surface area contributed by atoms with Gasteiger partial charge in [-0.15, -0.1) is 0 Å². The van der Waals surface area contributed by atoms with E-state index in [1.807, 2.05) is 37.3 Å². The summed E-state index contributed by atoms with van der Waals surface area (Å²) in [5.41, 5.74) is 6.79. The van der Waals surface area contributed by atoms with Crippen LogP contribution in [0.1, 0.15) is 45.2 Å². The van der Waals surface area contributed by atoms with Crippen LogP contribution in [0.25, 0.3) is 0 Å². The number of nitrogens with one attached hydrogen (secondary N) is 1. The Morgan fingerprint density at radius 3 is 2.44 bits per heavy atom. The third-order valence-electron chi connectivity index (χ3n) is 3.28. The molecule has 3 atom stereocenters. The van der Waals surface area contributed by atoms with Gasteiger partial charge in [0.1, 0.15) is 6.04 Å². The fraction of sp³-hybridized carbons (Fsp3) is 0.533. The molecule has 0 aliphatic rings. The Balaban J connectivity index is 2.50. The van der Waals surface area contributed by atoms with Crippen LogP contribution in [0.4, 0.5) is 0 Å². The lowest BCUT2D eigenvalue weighted by molar-refractivity contribution is -0.123. The summed E-state index contributed by atoms with van der Waals surface area (Å²) in [4.78, 5) is 12.0. The fourth-order valence-electron chi connectivity index (χ4n) is 1.97. The lowest BCUT2D eigenvalue weighted by Gasteiger charge is -2.20. The number of rotatable bonds is 6. The molecule has 0 fully saturated rings. The molecule has 3 heteroatoms. The van der Waals surface area contributed by atoms with Crippen LogP contribution in [0, 0.1) is 5.92 Å². The summed E-state index contributed by atoms with van der Waals surface area (Å²) >= 11 is 0. The van der Waals surface area contributed by atoms with Crippen LogP contribution in [-0.4, -0.2) is 11.9 Å². The first kappa shape index (κ1) is 14.7. The first-order valence-electron chi connectivity index (χ1n) is 6.65. The van der Waals surface area contributed by atoms with E-state index in [4.69, 9.17) is 5.73 Å². The standard InChI is InChI=1S/C15H24N2O/c1-4-11(2)10-12(3)17-15(18)14(16)13-8-6-5-7-9-13/h5-9,11-12,14H,4,10,16H2,1-3H3,(H,17,18)/t11?,12?,14-/m1/s1. The van der Waals surface area contributed by atoms with Gasteiger partial charge in [-0.25, -0.2) is 0 Å². The van der Waals surface area contributed by atoms with Gasteiger partial charge in [-0.3, -0.25) is 4.79 Å². The molecule has 1 aromatic carbocycles. The maximum absolute atomic E-state index is 12.0. The van der Waals surface area contributed by atoms with Gasteiger partial charge in [-0.05, 0) is 24.8 Å². The van der Waals surface area contributed by atoms with Gasteiger partial charge in [0.2, 0.25) is 5.91 Å². The lowest BCUT2D eigenvalue weighted by atomic mass is 9.99. The van der Waals surface area contributed by atoms with Gasteiger partial charge in [0, 0.05) is 6.04 Å². The van der Waals surface area contributed by atoms with Crippen molar-refractivity contribution in [1.29, 1.82) is 0 Å². The minimum atomic E-state index is -0.578. The molecule has 0 bridgehead atoms. The predicted octanol–water partition coefficient (Wildman–Crippen LogP) is 2.63. The average molecular weight is 248 g/mol. The zero-order valence-electron chi connectivity index (χ0n) is 11.5. The molecule has 18 heavy (non-hydrogen) atoms. The van der Waals surface area contributed by atoms with Crippen LogP contribution in [0.3, 0.4) is 0 Å². The maximum Gasteiger partial charge on any atom is 0.241 e. The van der Waals surface area contributed by atoms with E-state index in [9.17, 15) is 4.79 Å². The number of carbonyl (C=O) groups excluding carboxylic acids is 1. The van der Waals surface area contributed by atoms with Crippen LogP contribution >= 0.6 is 0 Å². The molecular weight excluding hydrogens is 224 g/mol. The molecule has 0 aromatic heterocycles. The van der Waals surface area contributed by atoms with Gasteiger partial charge < -0.3 is 11.1 Å². The molecule has 100 valence electrons. The van der Waals surface area contributed by atoms with E-state index < -0.39 is 6.04 Å². The van der Waals surface area contributed by atoms with Crippen molar-refractivity contribution in [2.24, 2.45) is 11.7 Å². The van der Waals surface area contributed by atoms with Crippen LogP contribution in [0.15, 0.2) is 30.3 Å². The first-order chi connectivity index (χ1) is 8.54. The summed E-state index contributed by atoms with van der Waals surface area (Å²) in [6, 6.07) is 9.05. The van der Waals surface area contributed by atoms with Crippen LogP contribution in [0.2, 0.25) is 0 Å². The molecule has 0 spiro atoms. The molecule has 2 unspecified atom stereocenters. The zero-order valence-corrected chi connectivity index (χ0v) is 11.5. The minimum absolute atomic E-state index is 0.1000. The third kappa shape index (κ3) is 4.49. The Bertz CT molecular complexity index is 364. The number of benzene rings is 1. The van der Waals surface area contributed by atoms with Crippen molar-refractivity contribution in [3.8, 4) is 0 Å². The van der Waals surface area contributed by atoms with Crippen molar-refractivity contribution in [3.63, 3.8) is 0 Å². The third-order valence-corrected chi connectivity index (χ3v) is 3.28. The molecular formula is C15H24N2O. The van der Waals surface area contributed by atoms with Gasteiger partial charge >= 0.3 is 0 Å². The van der Waals surface area contributed by atoms with Crippen molar-refractivity contribution in [1.82, 2.24) is 5.32 Å². The summed E-state index contributed by atoms with van der Waals surface area (Å²) in [6.07, 6.45) is 2.12. The van der Waals surface area contributed by atoms with Crippen molar-refractivity contribution in [2.75, 3.05) is 0 Å². The van der Waals surface area contributed by atoms with E-state index in [0.717, 1.165) is 18.4 Å².